The molecule has 0 fully saturated rings. The van der Waals surface area contributed by atoms with Crippen LogP contribution in [0.2, 0.25) is 0 Å². The van der Waals surface area contributed by atoms with Crippen LogP contribution in [0.15, 0.2) is 0 Å². The molecule has 0 saturated heterocycles. The van der Waals surface area contributed by atoms with Crippen molar-refractivity contribution in [1.29, 1.82) is 0 Å². The monoisotopic (exact) mass is 177 g/mol. The molecule has 0 aromatic rings. The fourth-order valence-corrected chi connectivity index (χ4v) is 1.08. The van der Waals surface area contributed by atoms with Gasteiger partial charge in [0.15, 0.2) is 6.29 Å². The molecule has 0 bridgehead atoms. The summed E-state index contributed by atoms with van der Waals surface area (Å²) in [5.41, 5.74) is 0. The Morgan fingerprint density at radius 2 is 1.75 bits per heavy atom. The van der Waals surface area contributed by atoms with Crippen molar-refractivity contribution in [2.75, 3.05) is 20.8 Å². The number of hydrogen-bond donors (Lipinski definition) is 2. The fraction of sp³-hybridized carbons (Fsp3) is 1.00. The summed E-state index contributed by atoms with van der Waals surface area (Å²) < 4.78 is 10.1. The van der Waals surface area contributed by atoms with Gasteiger partial charge in [-0.25, -0.2) is 0 Å². The number of aliphatic hydroxyl groups is 1. The first-order valence-electron chi connectivity index (χ1n) is 4.08. The minimum Gasteiger partial charge on any atom is -0.395 e. The molecule has 0 aromatic carbocycles. The van der Waals surface area contributed by atoms with E-state index in [-0.39, 0.29) is 25.0 Å². The average molecular weight is 177 g/mol. The zero-order chi connectivity index (χ0) is 9.56. The van der Waals surface area contributed by atoms with Crippen molar-refractivity contribution in [2.24, 2.45) is 0 Å². The first kappa shape index (κ1) is 11.8. The Morgan fingerprint density at radius 3 is 2.08 bits per heavy atom. The van der Waals surface area contributed by atoms with Crippen molar-refractivity contribution in [3.05, 3.63) is 0 Å². The van der Waals surface area contributed by atoms with E-state index in [1.807, 2.05) is 13.8 Å². The molecule has 0 aliphatic rings. The third kappa shape index (κ3) is 4.01. The normalized spacial score (nSPS) is 16.5. The van der Waals surface area contributed by atoms with Crippen LogP contribution in [0, 0.1) is 0 Å². The SMILES string of the molecule is COC(OC)C(C)N[C@H](C)CO. The lowest BCUT2D eigenvalue weighted by Crippen LogP contribution is -2.45. The highest BCUT2D eigenvalue weighted by molar-refractivity contribution is 4.69. The zero-order valence-electron chi connectivity index (χ0n) is 8.20. The molecule has 74 valence electrons. The lowest BCUT2D eigenvalue weighted by Gasteiger charge is -2.24. The van der Waals surface area contributed by atoms with Gasteiger partial charge in [-0.05, 0) is 13.8 Å². The van der Waals surface area contributed by atoms with Crippen LogP contribution >= 0.6 is 0 Å². The Hall–Kier alpha value is -0.160. The van der Waals surface area contributed by atoms with E-state index < -0.39 is 0 Å². The number of hydrogen-bond acceptors (Lipinski definition) is 4. The second-order valence-corrected chi connectivity index (χ2v) is 2.88. The Labute approximate surface area is 73.9 Å². The summed E-state index contributed by atoms with van der Waals surface area (Å²) in [7, 11) is 3.19. The van der Waals surface area contributed by atoms with Crippen molar-refractivity contribution in [1.82, 2.24) is 5.32 Å². The van der Waals surface area contributed by atoms with E-state index >= 15 is 0 Å². The van der Waals surface area contributed by atoms with E-state index in [1.165, 1.54) is 0 Å². The standard InChI is InChI=1S/C8H19NO3/c1-6(5-10)9-7(2)8(11-3)12-4/h6-10H,5H2,1-4H3/t6-,7?/m1/s1. The molecule has 0 radical (unpaired) electrons. The Kier molecular flexibility index (Phi) is 6.28. The number of aliphatic hydroxyl groups excluding tert-OH is 1. The van der Waals surface area contributed by atoms with E-state index in [4.69, 9.17) is 14.6 Å². The maximum atomic E-state index is 8.77. The Balaban J connectivity index is 3.75. The molecular formula is C8H19NO3. The molecule has 12 heavy (non-hydrogen) atoms. The maximum Gasteiger partial charge on any atom is 0.171 e. The van der Waals surface area contributed by atoms with Gasteiger partial charge < -0.3 is 19.9 Å². The summed E-state index contributed by atoms with van der Waals surface area (Å²) in [6.45, 7) is 3.97. The quantitative estimate of drug-likeness (QED) is 0.559. The largest absolute Gasteiger partial charge is 0.395 e. The summed E-state index contributed by atoms with van der Waals surface area (Å²) in [5.74, 6) is 0. The molecule has 4 heteroatoms. The second-order valence-electron chi connectivity index (χ2n) is 2.88. The molecule has 0 aromatic heterocycles. The summed E-state index contributed by atoms with van der Waals surface area (Å²) in [4.78, 5) is 0. The highest BCUT2D eigenvalue weighted by Crippen LogP contribution is 1.99. The topological polar surface area (TPSA) is 50.7 Å². The highest BCUT2D eigenvalue weighted by Gasteiger charge is 2.16. The minimum atomic E-state index is -0.265. The minimum absolute atomic E-state index is 0.0628. The molecule has 0 spiro atoms. The van der Waals surface area contributed by atoms with Crippen LogP contribution < -0.4 is 5.32 Å². The molecule has 1 unspecified atom stereocenters. The first-order chi connectivity index (χ1) is 5.65. The zero-order valence-corrected chi connectivity index (χ0v) is 8.20. The van der Waals surface area contributed by atoms with Gasteiger partial charge in [-0.3, -0.25) is 0 Å². The second kappa shape index (κ2) is 6.37. The summed E-state index contributed by atoms with van der Waals surface area (Å²) >= 11 is 0. The highest BCUT2D eigenvalue weighted by atomic mass is 16.7. The van der Waals surface area contributed by atoms with Crippen LogP contribution in [-0.4, -0.2) is 44.3 Å². The first-order valence-corrected chi connectivity index (χ1v) is 4.08. The molecule has 4 nitrogen and oxygen atoms in total. The van der Waals surface area contributed by atoms with Crippen LogP contribution in [-0.2, 0) is 9.47 Å². The molecule has 0 amide bonds. The molecule has 0 aliphatic carbocycles. The van der Waals surface area contributed by atoms with Gasteiger partial charge in [-0.2, -0.15) is 0 Å². The van der Waals surface area contributed by atoms with Crippen molar-refractivity contribution in [2.45, 2.75) is 32.2 Å². The smallest absolute Gasteiger partial charge is 0.171 e. The third-order valence-corrected chi connectivity index (χ3v) is 1.69. The fourth-order valence-electron chi connectivity index (χ4n) is 1.08. The lowest BCUT2D eigenvalue weighted by atomic mass is 10.2. The van der Waals surface area contributed by atoms with Gasteiger partial charge in [0.05, 0.1) is 12.6 Å². The molecule has 0 heterocycles. The van der Waals surface area contributed by atoms with Gasteiger partial charge in [-0.15, -0.1) is 0 Å². The number of ether oxygens (including phenoxy) is 2. The summed E-state index contributed by atoms with van der Waals surface area (Å²) in [6.07, 6.45) is -0.265. The Bertz CT molecular complexity index is 106. The van der Waals surface area contributed by atoms with E-state index in [9.17, 15) is 0 Å². The molecule has 2 atom stereocenters. The summed E-state index contributed by atoms with van der Waals surface area (Å²) in [5, 5.41) is 11.9. The van der Waals surface area contributed by atoms with E-state index in [0.29, 0.717) is 0 Å². The van der Waals surface area contributed by atoms with Crippen LogP contribution in [0.4, 0.5) is 0 Å². The predicted molar refractivity (Wildman–Crippen MR) is 47.0 cm³/mol. The van der Waals surface area contributed by atoms with Gasteiger partial charge in [0.25, 0.3) is 0 Å². The average Bonchev–Trinajstić information content (AvgIpc) is 2.06. The summed E-state index contributed by atoms with van der Waals surface area (Å²) in [6, 6.07) is 0.134. The number of rotatable bonds is 6. The maximum absolute atomic E-state index is 8.77. The lowest BCUT2D eigenvalue weighted by molar-refractivity contribution is -0.121. The molecule has 2 N–H and O–H groups in total. The van der Waals surface area contributed by atoms with E-state index in [0.717, 1.165) is 0 Å². The van der Waals surface area contributed by atoms with Crippen molar-refractivity contribution >= 4 is 0 Å². The van der Waals surface area contributed by atoms with Gasteiger partial charge >= 0.3 is 0 Å². The van der Waals surface area contributed by atoms with Crippen molar-refractivity contribution < 1.29 is 14.6 Å². The van der Waals surface area contributed by atoms with E-state index in [1.54, 1.807) is 14.2 Å². The van der Waals surface area contributed by atoms with Crippen LogP contribution in [0.25, 0.3) is 0 Å². The third-order valence-electron chi connectivity index (χ3n) is 1.69. The van der Waals surface area contributed by atoms with Gasteiger partial charge in [0.1, 0.15) is 0 Å². The van der Waals surface area contributed by atoms with Crippen molar-refractivity contribution in [3.8, 4) is 0 Å². The van der Waals surface area contributed by atoms with Gasteiger partial charge in [0.2, 0.25) is 0 Å². The van der Waals surface area contributed by atoms with Gasteiger partial charge in [0, 0.05) is 20.3 Å². The van der Waals surface area contributed by atoms with Gasteiger partial charge in [-0.1, -0.05) is 0 Å². The number of nitrogens with one attached hydrogen (secondary N) is 1. The predicted octanol–water partition coefficient (Wildman–Crippen LogP) is -0.0358. The van der Waals surface area contributed by atoms with Crippen LogP contribution in [0.3, 0.4) is 0 Å². The molecule has 0 rings (SSSR count). The number of methoxy groups -OCH3 is 2. The molecular weight excluding hydrogens is 158 g/mol. The van der Waals surface area contributed by atoms with Crippen molar-refractivity contribution in [3.63, 3.8) is 0 Å². The Morgan fingerprint density at radius 1 is 1.25 bits per heavy atom. The van der Waals surface area contributed by atoms with Crippen LogP contribution in [0.1, 0.15) is 13.8 Å². The van der Waals surface area contributed by atoms with Crippen LogP contribution in [0.5, 0.6) is 0 Å². The molecule has 0 saturated carbocycles. The molecule has 0 aliphatic heterocycles. The van der Waals surface area contributed by atoms with E-state index in [2.05, 4.69) is 5.32 Å².